The number of benzene rings is 2. The zero-order chi connectivity index (χ0) is 27.8. The maximum Gasteiger partial charge on any atom is 0.243 e. The summed E-state index contributed by atoms with van der Waals surface area (Å²) in [6.45, 7) is 0.823. The highest BCUT2D eigenvalue weighted by molar-refractivity contribution is 7.20. The summed E-state index contributed by atoms with van der Waals surface area (Å²) < 4.78 is 0.899. The lowest BCUT2D eigenvalue weighted by Crippen LogP contribution is -2.54. The number of rotatable bonds is 12. The van der Waals surface area contributed by atoms with Gasteiger partial charge in [0.2, 0.25) is 17.6 Å². The minimum atomic E-state index is -0.811. The predicted molar refractivity (Wildman–Crippen MR) is 154 cm³/mol. The molecule has 2 aromatic carbocycles. The van der Waals surface area contributed by atoms with Gasteiger partial charge in [0, 0.05) is 13.1 Å². The second-order valence-electron chi connectivity index (χ2n) is 9.58. The van der Waals surface area contributed by atoms with E-state index in [0.717, 1.165) is 15.8 Å². The number of nitrogens with two attached hydrogens (primary N) is 2. The van der Waals surface area contributed by atoms with Gasteiger partial charge in [0.1, 0.15) is 6.04 Å². The Hall–Kier alpha value is -3.83. The van der Waals surface area contributed by atoms with Gasteiger partial charge in [0.05, 0.1) is 22.3 Å². The molecule has 0 bridgehead atoms. The summed E-state index contributed by atoms with van der Waals surface area (Å²) in [5, 5.41) is 6.37. The Balaban J connectivity index is 1.48. The third-order valence-corrected chi connectivity index (χ3v) is 7.90. The van der Waals surface area contributed by atoms with E-state index in [1.807, 2.05) is 54.6 Å². The molecule has 4 rings (SSSR count). The van der Waals surface area contributed by atoms with Crippen LogP contribution < -0.4 is 22.1 Å². The molecular formula is C28H35N7O3S. The van der Waals surface area contributed by atoms with Crippen LogP contribution in [-0.2, 0) is 16.0 Å². The first-order valence-electron chi connectivity index (χ1n) is 13.1. The standard InChI is InChI=1S/C28H35N7O3S/c1-31-21(17-18-9-3-2-4-10-18)27(38)35-16-8-13-22(35)25(37)33-20(12-7-15-32-28(29)30)24(36)26-34-19-11-5-6-14-23(19)39-26/h2-6,9-11,14,20-22,31H,7-8,12-13,15-17H2,1H3,(H,33,37)(H4,29,30,32)/t20-,21+,22?/m0/s1. The molecule has 3 atom stereocenters. The van der Waals surface area contributed by atoms with E-state index in [4.69, 9.17) is 11.5 Å². The number of carbonyl (C=O) groups is 3. The van der Waals surface area contributed by atoms with Crippen molar-refractivity contribution in [3.8, 4) is 0 Å². The Morgan fingerprint density at radius 2 is 1.85 bits per heavy atom. The fraction of sp³-hybridized carbons (Fsp3) is 0.393. The smallest absolute Gasteiger partial charge is 0.243 e. The van der Waals surface area contributed by atoms with Gasteiger partial charge in [-0.25, -0.2) is 4.98 Å². The first kappa shape index (κ1) is 28.2. The molecule has 0 radical (unpaired) electrons. The number of aromatic nitrogens is 1. The fourth-order valence-corrected chi connectivity index (χ4v) is 5.79. The highest BCUT2D eigenvalue weighted by atomic mass is 32.1. The number of amides is 2. The van der Waals surface area contributed by atoms with Crippen LogP contribution in [0.25, 0.3) is 10.2 Å². The molecular weight excluding hydrogens is 514 g/mol. The number of Topliss-reactive ketones (excluding diaryl/α,β-unsaturated/α-hetero) is 1. The van der Waals surface area contributed by atoms with Crippen LogP contribution in [0.1, 0.15) is 41.0 Å². The number of fused-ring (bicyclic) bond motifs is 1. The molecule has 206 valence electrons. The molecule has 11 heteroatoms. The number of carbonyl (C=O) groups excluding carboxylic acids is 3. The van der Waals surface area contributed by atoms with Crippen LogP contribution in [0.2, 0.25) is 0 Å². The lowest BCUT2D eigenvalue weighted by atomic mass is 10.0. The second-order valence-corrected chi connectivity index (χ2v) is 10.6. The van der Waals surface area contributed by atoms with Gasteiger partial charge < -0.3 is 27.0 Å². The number of nitrogens with one attached hydrogen (secondary N) is 2. The molecule has 1 aliphatic heterocycles. The van der Waals surface area contributed by atoms with E-state index in [-0.39, 0.29) is 23.6 Å². The molecule has 3 aromatic rings. The van der Waals surface area contributed by atoms with Crippen LogP contribution >= 0.6 is 11.3 Å². The van der Waals surface area contributed by atoms with E-state index in [0.29, 0.717) is 50.2 Å². The van der Waals surface area contributed by atoms with Crippen molar-refractivity contribution in [2.45, 2.75) is 50.2 Å². The van der Waals surface area contributed by atoms with E-state index in [9.17, 15) is 14.4 Å². The highest BCUT2D eigenvalue weighted by Gasteiger charge is 2.38. The molecule has 1 saturated heterocycles. The highest BCUT2D eigenvalue weighted by Crippen LogP contribution is 2.24. The van der Waals surface area contributed by atoms with Crippen LogP contribution in [0.15, 0.2) is 59.6 Å². The Bertz CT molecular complexity index is 1290. The fourth-order valence-electron chi connectivity index (χ4n) is 4.83. The minimum absolute atomic E-state index is 0.0252. The van der Waals surface area contributed by atoms with E-state index in [2.05, 4.69) is 20.6 Å². The van der Waals surface area contributed by atoms with Crippen molar-refractivity contribution >= 4 is 45.1 Å². The Morgan fingerprint density at radius 3 is 2.56 bits per heavy atom. The number of ketones is 1. The van der Waals surface area contributed by atoms with Gasteiger partial charge in [-0.1, -0.05) is 42.5 Å². The third-order valence-electron chi connectivity index (χ3n) is 6.85. The normalized spacial score (nSPS) is 16.5. The lowest BCUT2D eigenvalue weighted by molar-refractivity contribution is -0.140. The third kappa shape index (κ3) is 7.18. The van der Waals surface area contributed by atoms with Crippen LogP contribution in [0.4, 0.5) is 0 Å². The zero-order valence-electron chi connectivity index (χ0n) is 22.0. The van der Waals surface area contributed by atoms with Gasteiger partial charge >= 0.3 is 0 Å². The predicted octanol–water partition coefficient (Wildman–Crippen LogP) is 1.84. The average Bonchev–Trinajstić information content (AvgIpc) is 3.61. The molecule has 1 aromatic heterocycles. The van der Waals surface area contributed by atoms with Crippen molar-refractivity contribution in [3.05, 3.63) is 65.2 Å². The first-order chi connectivity index (χ1) is 18.9. The first-order valence-corrected chi connectivity index (χ1v) is 14.0. The molecule has 0 aliphatic carbocycles. The molecule has 1 fully saturated rings. The van der Waals surface area contributed by atoms with Crippen molar-refractivity contribution in [1.82, 2.24) is 20.5 Å². The van der Waals surface area contributed by atoms with Gasteiger partial charge in [0.25, 0.3) is 0 Å². The van der Waals surface area contributed by atoms with Gasteiger partial charge in [0.15, 0.2) is 11.0 Å². The maximum atomic E-state index is 13.5. The number of aliphatic imine (C=N–C) groups is 1. The molecule has 10 nitrogen and oxygen atoms in total. The van der Waals surface area contributed by atoms with E-state index in [1.165, 1.54) is 11.3 Å². The Morgan fingerprint density at radius 1 is 1.10 bits per heavy atom. The number of likely N-dealkylation sites (N-methyl/N-ethyl adjacent to an activating group) is 1. The molecule has 39 heavy (non-hydrogen) atoms. The van der Waals surface area contributed by atoms with Crippen molar-refractivity contribution in [3.63, 3.8) is 0 Å². The Kier molecular flexibility index (Phi) is 9.61. The molecule has 1 aliphatic rings. The molecule has 2 heterocycles. The number of likely N-dealkylation sites (tertiary alicyclic amines) is 1. The van der Waals surface area contributed by atoms with Gasteiger partial charge in [-0.15, -0.1) is 11.3 Å². The molecule has 0 saturated carbocycles. The number of para-hydroxylation sites is 1. The van der Waals surface area contributed by atoms with E-state index < -0.39 is 18.1 Å². The maximum absolute atomic E-state index is 13.5. The van der Waals surface area contributed by atoms with Crippen LogP contribution in [0, 0.1) is 0 Å². The van der Waals surface area contributed by atoms with E-state index >= 15 is 0 Å². The van der Waals surface area contributed by atoms with Crippen molar-refractivity contribution < 1.29 is 14.4 Å². The summed E-state index contributed by atoms with van der Waals surface area (Å²) in [5.41, 5.74) is 12.6. The average molecular weight is 550 g/mol. The van der Waals surface area contributed by atoms with Gasteiger partial charge in [-0.3, -0.25) is 19.4 Å². The van der Waals surface area contributed by atoms with Gasteiger partial charge in [-0.2, -0.15) is 0 Å². The van der Waals surface area contributed by atoms with Crippen LogP contribution in [0.3, 0.4) is 0 Å². The number of hydrogen-bond donors (Lipinski definition) is 4. The number of thiazole rings is 1. The summed E-state index contributed by atoms with van der Waals surface area (Å²) in [6.07, 6.45) is 2.60. The van der Waals surface area contributed by atoms with Crippen molar-refractivity contribution in [2.75, 3.05) is 20.1 Å². The molecule has 0 spiro atoms. The summed E-state index contributed by atoms with van der Waals surface area (Å²) in [7, 11) is 1.75. The summed E-state index contributed by atoms with van der Waals surface area (Å²) in [4.78, 5) is 50.7. The van der Waals surface area contributed by atoms with Crippen LogP contribution in [-0.4, -0.2) is 71.7 Å². The number of nitrogens with zero attached hydrogens (tertiary/aromatic N) is 3. The molecule has 6 N–H and O–H groups in total. The molecule has 1 unspecified atom stereocenters. The largest absolute Gasteiger partial charge is 0.370 e. The second kappa shape index (κ2) is 13.3. The van der Waals surface area contributed by atoms with Crippen LogP contribution in [0.5, 0.6) is 0 Å². The summed E-state index contributed by atoms with van der Waals surface area (Å²) in [6, 6.07) is 15.4. The van der Waals surface area contributed by atoms with Crippen molar-refractivity contribution in [2.24, 2.45) is 16.5 Å². The van der Waals surface area contributed by atoms with E-state index in [1.54, 1.807) is 11.9 Å². The van der Waals surface area contributed by atoms with Gasteiger partial charge in [-0.05, 0) is 56.8 Å². The minimum Gasteiger partial charge on any atom is -0.370 e. The van der Waals surface area contributed by atoms with Crippen molar-refractivity contribution in [1.29, 1.82) is 0 Å². The quantitative estimate of drug-likeness (QED) is 0.116. The summed E-state index contributed by atoms with van der Waals surface area (Å²) in [5.74, 6) is -0.748. The Labute approximate surface area is 231 Å². The topological polar surface area (TPSA) is 156 Å². The SMILES string of the molecule is CN[C@H](Cc1ccccc1)C(=O)N1CCCC1C(=O)N[C@@H](CCCN=C(N)N)C(=O)c1nc2ccccc2s1. The molecule has 2 amide bonds. The zero-order valence-corrected chi connectivity index (χ0v) is 22.8. The lowest BCUT2D eigenvalue weighted by Gasteiger charge is -2.29. The monoisotopic (exact) mass is 549 g/mol. The number of hydrogen-bond acceptors (Lipinski definition) is 7. The summed E-state index contributed by atoms with van der Waals surface area (Å²) >= 11 is 1.30. The number of guanidine groups is 1.